The number of amides is 1. The molecular weight excluding hydrogens is 374 g/mol. The Labute approximate surface area is 149 Å². The first kappa shape index (κ1) is 18.4. The van der Waals surface area contributed by atoms with Crippen molar-refractivity contribution in [3.8, 4) is 0 Å². The largest absolute Gasteiger partial charge is 0.459 e. The minimum Gasteiger partial charge on any atom is -0.459 e. The molecule has 1 amide bonds. The molecule has 0 atom stereocenters. The van der Waals surface area contributed by atoms with Crippen LogP contribution >= 0.6 is 23.8 Å². The summed E-state index contributed by atoms with van der Waals surface area (Å²) in [4.78, 5) is 11.7. The molecule has 1 aromatic carbocycles. The average Bonchev–Trinajstić information content (AvgIpc) is 3.03. The monoisotopic (exact) mass is 387 g/mol. The molecule has 1 aromatic heterocycles. The van der Waals surface area contributed by atoms with E-state index in [-0.39, 0.29) is 20.8 Å². The lowest BCUT2D eigenvalue weighted by Crippen LogP contribution is -2.34. The number of hydrogen-bond donors (Lipinski definition) is 2. The van der Waals surface area contributed by atoms with Crippen molar-refractivity contribution in [2.24, 2.45) is 0 Å². The maximum Gasteiger partial charge on any atom is 0.293 e. The molecule has 0 aliphatic carbocycles. The number of halogens is 1. The zero-order valence-electron chi connectivity index (χ0n) is 12.7. The number of thiocarbonyl (C=S) groups is 1. The molecule has 10 heteroatoms. The summed E-state index contributed by atoms with van der Waals surface area (Å²) in [6, 6.07) is 7.37. The van der Waals surface area contributed by atoms with Crippen molar-refractivity contribution in [2.75, 3.05) is 19.4 Å². The first-order valence-electron chi connectivity index (χ1n) is 6.59. The Balaban J connectivity index is 2.16. The van der Waals surface area contributed by atoms with Gasteiger partial charge in [0.15, 0.2) is 10.9 Å². The van der Waals surface area contributed by atoms with Gasteiger partial charge in [-0.2, -0.15) is 0 Å². The average molecular weight is 388 g/mol. The molecule has 0 aliphatic rings. The Morgan fingerprint density at radius 1 is 1.29 bits per heavy atom. The molecular formula is C14H14ClN3O4S2. The van der Waals surface area contributed by atoms with Crippen LogP contribution in [0.5, 0.6) is 0 Å². The second-order valence-electron chi connectivity index (χ2n) is 4.82. The van der Waals surface area contributed by atoms with Crippen LogP contribution in [0, 0.1) is 0 Å². The van der Waals surface area contributed by atoms with Crippen LogP contribution in [-0.4, -0.2) is 37.8 Å². The molecule has 0 bridgehead atoms. The van der Waals surface area contributed by atoms with Crippen molar-refractivity contribution in [1.82, 2.24) is 9.62 Å². The summed E-state index contributed by atoms with van der Waals surface area (Å²) in [5, 5.41) is 5.23. The lowest BCUT2D eigenvalue weighted by Gasteiger charge is -2.15. The number of furan rings is 1. The summed E-state index contributed by atoms with van der Waals surface area (Å²) >= 11 is 11.0. The number of rotatable bonds is 4. The fourth-order valence-electron chi connectivity index (χ4n) is 1.71. The topological polar surface area (TPSA) is 91.7 Å². The lowest BCUT2D eigenvalue weighted by atomic mass is 10.3. The highest BCUT2D eigenvalue weighted by Crippen LogP contribution is 2.26. The molecule has 2 rings (SSSR count). The van der Waals surface area contributed by atoms with Crippen molar-refractivity contribution in [1.29, 1.82) is 0 Å². The maximum absolute atomic E-state index is 12.2. The van der Waals surface area contributed by atoms with Crippen LogP contribution in [0.2, 0.25) is 5.02 Å². The van der Waals surface area contributed by atoms with E-state index in [0.717, 1.165) is 4.31 Å². The number of anilines is 1. The highest BCUT2D eigenvalue weighted by molar-refractivity contribution is 7.89. The van der Waals surface area contributed by atoms with E-state index in [1.165, 1.54) is 38.6 Å². The number of nitrogens with zero attached hydrogens (tertiary/aromatic N) is 1. The van der Waals surface area contributed by atoms with Crippen LogP contribution < -0.4 is 10.6 Å². The minimum absolute atomic E-state index is 0.00748. The van der Waals surface area contributed by atoms with E-state index >= 15 is 0 Å². The number of nitrogens with one attached hydrogen (secondary N) is 2. The van der Waals surface area contributed by atoms with Crippen LogP contribution in [0.4, 0.5) is 5.69 Å². The minimum atomic E-state index is -3.71. The standard InChI is InChI=1S/C14H14ClN3O4S2/c1-18(2)24(20,21)12-8-9(5-6-10(12)15)16-14(23)17-13(19)11-4-3-7-22-11/h3-8H,1-2H3,(H2,16,17,19,23). The van der Waals surface area contributed by atoms with Gasteiger partial charge in [0.1, 0.15) is 4.90 Å². The first-order valence-corrected chi connectivity index (χ1v) is 8.82. The third-order valence-electron chi connectivity index (χ3n) is 2.92. The first-order chi connectivity index (χ1) is 11.2. The van der Waals surface area contributed by atoms with Crippen LogP contribution in [0.1, 0.15) is 10.6 Å². The van der Waals surface area contributed by atoms with Gasteiger partial charge in [-0.3, -0.25) is 10.1 Å². The normalized spacial score (nSPS) is 11.3. The van der Waals surface area contributed by atoms with E-state index in [4.69, 9.17) is 28.2 Å². The van der Waals surface area contributed by atoms with Crippen molar-refractivity contribution in [2.45, 2.75) is 4.90 Å². The Morgan fingerprint density at radius 3 is 2.58 bits per heavy atom. The molecule has 24 heavy (non-hydrogen) atoms. The lowest BCUT2D eigenvalue weighted by molar-refractivity contribution is 0.0950. The van der Waals surface area contributed by atoms with E-state index in [1.54, 1.807) is 12.1 Å². The number of carbonyl (C=O) groups is 1. The van der Waals surface area contributed by atoms with Gasteiger partial charge in [0, 0.05) is 19.8 Å². The smallest absolute Gasteiger partial charge is 0.293 e. The fraction of sp³-hybridized carbons (Fsp3) is 0.143. The van der Waals surface area contributed by atoms with Crippen molar-refractivity contribution in [3.63, 3.8) is 0 Å². The molecule has 7 nitrogen and oxygen atoms in total. The van der Waals surface area contributed by atoms with Crippen molar-refractivity contribution >= 4 is 50.5 Å². The van der Waals surface area contributed by atoms with Gasteiger partial charge >= 0.3 is 0 Å². The molecule has 0 aliphatic heterocycles. The summed E-state index contributed by atoms with van der Waals surface area (Å²) in [6.45, 7) is 0. The highest BCUT2D eigenvalue weighted by atomic mass is 35.5. The predicted octanol–water partition coefficient (Wildman–Crippen LogP) is 2.31. The maximum atomic E-state index is 12.2. The Bertz CT molecular complexity index is 864. The number of sulfonamides is 1. The third kappa shape index (κ3) is 4.12. The number of hydrogen-bond acceptors (Lipinski definition) is 5. The van der Waals surface area contributed by atoms with Gasteiger partial charge in [-0.25, -0.2) is 12.7 Å². The van der Waals surface area contributed by atoms with E-state index in [0.29, 0.717) is 5.69 Å². The molecule has 2 aromatic rings. The predicted molar refractivity (Wildman–Crippen MR) is 94.7 cm³/mol. The van der Waals surface area contributed by atoms with Gasteiger partial charge in [0.05, 0.1) is 11.3 Å². The van der Waals surface area contributed by atoms with Gasteiger partial charge in [-0.05, 0) is 42.5 Å². The fourth-order valence-corrected chi connectivity index (χ4v) is 3.31. The molecule has 0 unspecified atom stereocenters. The van der Waals surface area contributed by atoms with Gasteiger partial charge in [-0.15, -0.1) is 0 Å². The zero-order valence-corrected chi connectivity index (χ0v) is 15.1. The van der Waals surface area contributed by atoms with Crippen LogP contribution in [-0.2, 0) is 10.0 Å². The molecule has 0 saturated heterocycles. The number of benzene rings is 1. The van der Waals surface area contributed by atoms with Crippen LogP contribution in [0.15, 0.2) is 45.9 Å². The number of carbonyl (C=O) groups excluding carboxylic acids is 1. The zero-order chi connectivity index (χ0) is 17.9. The molecule has 1 heterocycles. The quantitative estimate of drug-likeness (QED) is 0.782. The summed E-state index contributed by atoms with van der Waals surface area (Å²) < 4.78 is 30.4. The highest BCUT2D eigenvalue weighted by Gasteiger charge is 2.21. The summed E-state index contributed by atoms with van der Waals surface area (Å²) in [5.41, 5.74) is 0.365. The molecule has 2 N–H and O–H groups in total. The summed E-state index contributed by atoms with van der Waals surface area (Å²) in [7, 11) is -0.903. The third-order valence-corrected chi connectivity index (χ3v) is 5.42. The molecule has 0 spiro atoms. The van der Waals surface area contributed by atoms with Crippen LogP contribution in [0.25, 0.3) is 0 Å². The van der Waals surface area contributed by atoms with Gasteiger partial charge in [0.25, 0.3) is 5.91 Å². The molecule has 0 saturated carbocycles. The second-order valence-corrected chi connectivity index (χ2v) is 7.75. The van der Waals surface area contributed by atoms with E-state index in [1.807, 2.05) is 0 Å². The van der Waals surface area contributed by atoms with E-state index in [2.05, 4.69) is 10.6 Å². The molecule has 0 fully saturated rings. The van der Waals surface area contributed by atoms with Crippen molar-refractivity contribution in [3.05, 3.63) is 47.4 Å². The summed E-state index contributed by atoms with van der Waals surface area (Å²) in [6.07, 6.45) is 1.36. The Hall–Kier alpha value is -1.94. The van der Waals surface area contributed by atoms with Gasteiger partial charge < -0.3 is 9.73 Å². The van der Waals surface area contributed by atoms with Gasteiger partial charge in [-0.1, -0.05) is 11.6 Å². The molecule has 0 radical (unpaired) electrons. The van der Waals surface area contributed by atoms with E-state index in [9.17, 15) is 13.2 Å². The summed E-state index contributed by atoms with van der Waals surface area (Å²) in [5.74, 6) is -0.418. The Morgan fingerprint density at radius 2 is 2.00 bits per heavy atom. The Kier molecular flexibility index (Phi) is 5.60. The van der Waals surface area contributed by atoms with Crippen LogP contribution in [0.3, 0.4) is 0 Å². The van der Waals surface area contributed by atoms with Crippen molar-refractivity contribution < 1.29 is 17.6 Å². The molecule has 128 valence electrons. The van der Waals surface area contributed by atoms with E-state index < -0.39 is 15.9 Å². The SMILES string of the molecule is CN(C)S(=O)(=O)c1cc(NC(=S)NC(=O)c2ccco2)ccc1Cl. The second kappa shape index (κ2) is 7.31. The van der Waals surface area contributed by atoms with Gasteiger partial charge in [0.2, 0.25) is 10.0 Å².